The van der Waals surface area contributed by atoms with Crippen LogP contribution >= 0.6 is 0 Å². The molecule has 0 unspecified atom stereocenters. The minimum Gasteiger partial charge on any atom is -0.466 e. The second-order valence-corrected chi connectivity index (χ2v) is 1.61. The summed E-state index contributed by atoms with van der Waals surface area (Å²) in [5, 5.41) is 0. The Bertz CT molecular complexity index is 129. The van der Waals surface area contributed by atoms with E-state index < -0.39 is 0 Å². The van der Waals surface area contributed by atoms with Crippen molar-refractivity contribution in [2.75, 3.05) is 13.7 Å². The van der Waals surface area contributed by atoms with Crippen molar-refractivity contribution < 1.29 is 9.53 Å². The van der Waals surface area contributed by atoms with Crippen LogP contribution in [-0.4, -0.2) is 19.6 Å². The molecule has 0 bridgehead atoms. The lowest BCUT2D eigenvalue weighted by Gasteiger charge is -1.95. The van der Waals surface area contributed by atoms with E-state index in [1.54, 1.807) is 13.0 Å². The molecule has 0 aromatic carbocycles. The van der Waals surface area contributed by atoms with Gasteiger partial charge >= 0.3 is 5.97 Å². The molecule has 0 atom stereocenters. The summed E-state index contributed by atoms with van der Waals surface area (Å²) >= 11 is 0. The highest BCUT2D eigenvalue weighted by molar-refractivity contribution is 5.87. The van der Waals surface area contributed by atoms with E-state index in [0.717, 1.165) is 0 Å². The van der Waals surface area contributed by atoms with Crippen LogP contribution in [-0.2, 0) is 9.53 Å². The molecule has 0 spiro atoms. The number of esters is 1. The van der Waals surface area contributed by atoms with E-state index in [0.29, 0.717) is 12.1 Å². The maximum Gasteiger partial charge on any atom is 0.333 e. The quantitative estimate of drug-likeness (QED) is 0.424. The normalized spacial score (nSPS) is 11.2. The van der Waals surface area contributed by atoms with Gasteiger partial charge in [-0.05, 0) is 6.92 Å². The van der Waals surface area contributed by atoms with Crippen molar-refractivity contribution in [3.8, 4) is 0 Å². The first kappa shape index (κ1) is 8.17. The molecule has 3 heteroatoms. The summed E-state index contributed by atoms with van der Waals surface area (Å²) in [5.41, 5.74) is 5.69. The average molecular weight is 129 g/mol. The highest BCUT2D eigenvalue weighted by Gasteiger charge is 1.99. The standard InChI is InChI=1S/C6H11NO2/c1-5(3-4-7)6(8)9-2/h3H,4,7H2,1-2H3. The summed E-state index contributed by atoms with van der Waals surface area (Å²) in [6.07, 6.45) is 1.62. The van der Waals surface area contributed by atoms with Gasteiger partial charge in [0.15, 0.2) is 0 Å². The fourth-order valence-corrected chi connectivity index (χ4v) is 0.421. The highest BCUT2D eigenvalue weighted by Crippen LogP contribution is 1.92. The van der Waals surface area contributed by atoms with Crippen LogP contribution in [0.2, 0.25) is 0 Å². The molecule has 0 aliphatic rings. The molecular weight excluding hydrogens is 118 g/mol. The molecule has 0 aliphatic carbocycles. The molecule has 0 aliphatic heterocycles. The van der Waals surface area contributed by atoms with Gasteiger partial charge in [-0.1, -0.05) is 6.08 Å². The van der Waals surface area contributed by atoms with E-state index in [1.165, 1.54) is 7.11 Å². The van der Waals surface area contributed by atoms with Crippen LogP contribution in [0.15, 0.2) is 11.6 Å². The van der Waals surface area contributed by atoms with Crippen molar-refractivity contribution in [1.29, 1.82) is 0 Å². The number of ether oxygens (including phenoxy) is 1. The fraction of sp³-hybridized carbons (Fsp3) is 0.500. The first-order valence-corrected chi connectivity index (χ1v) is 2.67. The molecule has 3 nitrogen and oxygen atoms in total. The molecule has 0 amide bonds. The van der Waals surface area contributed by atoms with Gasteiger partial charge in [0.25, 0.3) is 0 Å². The highest BCUT2D eigenvalue weighted by atomic mass is 16.5. The molecule has 9 heavy (non-hydrogen) atoms. The van der Waals surface area contributed by atoms with Crippen LogP contribution in [0.25, 0.3) is 0 Å². The van der Waals surface area contributed by atoms with E-state index in [1.807, 2.05) is 0 Å². The summed E-state index contributed by atoms with van der Waals surface area (Å²) in [7, 11) is 1.34. The number of hydrogen-bond acceptors (Lipinski definition) is 3. The zero-order valence-electron chi connectivity index (χ0n) is 5.68. The average Bonchev–Trinajstić information content (AvgIpc) is 1.87. The largest absolute Gasteiger partial charge is 0.466 e. The number of carbonyl (C=O) groups excluding carboxylic acids is 1. The van der Waals surface area contributed by atoms with Gasteiger partial charge in [-0.2, -0.15) is 0 Å². The minimum atomic E-state index is -0.319. The number of hydrogen-bond donors (Lipinski definition) is 1. The second kappa shape index (κ2) is 4.09. The zero-order chi connectivity index (χ0) is 7.28. The van der Waals surface area contributed by atoms with Crippen molar-refractivity contribution in [3.63, 3.8) is 0 Å². The van der Waals surface area contributed by atoms with Gasteiger partial charge in [0.05, 0.1) is 7.11 Å². The summed E-state index contributed by atoms with van der Waals surface area (Å²) in [4.78, 5) is 10.6. The second-order valence-electron chi connectivity index (χ2n) is 1.61. The van der Waals surface area contributed by atoms with Crippen LogP contribution in [0.5, 0.6) is 0 Å². The van der Waals surface area contributed by atoms with Crippen LogP contribution in [0, 0.1) is 0 Å². The number of carbonyl (C=O) groups is 1. The van der Waals surface area contributed by atoms with E-state index in [4.69, 9.17) is 5.73 Å². The van der Waals surface area contributed by atoms with Gasteiger partial charge < -0.3 is 10.5 Å². The first-order valence-electron chi connectivity index (χ1n) is 2.67. The van der Waals surface area contributed by atoms with Crippen LogP contribution in [0.4, 0.5) is 0 Å². The lowest BCUT2D eigenvalue weighted by molar-refractivity contribution is -0.136. The molecule has 0 fully saturated rings. The number of methoxy groups -OCH3 is 1. The van der Waals surface area contributed by atoms with Gasteiger partial charge in [0, 0.05) is 12.1 Å². The van der Waals surface area contributed by atoms with Gasteiger partial charge in [0.1, 0.15) is 0 Å². The maximum absolute atomic E-state index is 10.6. The fourth-order valence-electron chi connectivity index (χ4n) is 0.421. The Morgan fingerprint density at radius 3 is 2.67 bits per heavy atom. The van der Waals surface area contributed by atoms with E-state index >= 15 is 0 Å². The van der Waals surface area contributed by atoms with Gasteiger partial charge in [0.2, 0.25) is 0 Å². The molecule has 0 heterocycles. The van der Waals surface area contributed by atoms with Crippen LogP contribution in [0.3, 0.4) is 0 Å². The monoisotopic (exact) mass is 129 g/mol. The molecular formula is C6H11NO2. The molecule has 0 aromatic rings. The lowest BCUT2D eigenvalue weighted by atomic mass is 10.3. The van der Waals surface area contributed by atoms with Gasteiger partial charge in [-0.25, -0.2) is 4.79 Å². The van der Waals surface area contributed by atoms with Crippen LogP contribution in [0.1, 0.15) is 6.92 Å². The Morgan fingerprint density at radius 1 is 1.78 bits per heavy atom. The summed E-state index contributed by atoms with van der Waals surface area (Å²) in [6.45, 7) is 2.04. The van der Waals surface area contributed by atoms with Crippen molar-refractivity contribution in [2.24, 2.45) is 5.73 Å². The molecule has 0 saturated heterocycles. The molecule has 0 rings (SSSR count). The molecule has 2 N–H and O–H groups in total. The Labute approximate surface area is 54.5 Å². The first-order chi connectivity index (χ1) is 4.22. The molecule has 0 radical (unpaired) electrons. The van der Waals surface area contributed by atoms with Crippen molar-refractivity contribution in [1.82, 2.24) is 0 Å². The summed E-state index contributed by atoms with van der Waals surface area (Å²) in [6, 6.07) is 0. The van der Waals surface area contributed by atoms with Gasteiger partial charge in [-0.3, -0.25) is 0 Å². The third-order valence-corrected chi connectivity index (χ3v) is 0.931. The van der Waals surface area contributed by atoms with E-state index in [2.05, 4.69) is 4.74 Å². The zero-order valence-corrected chi connectivity index (χ0v) is 5.68. The Balaban J connectivity index is 3.86. The third kappa shape index (κ3) is 2.87. The van der Waals surface area contributed by atoms with Gasteiger partial charge in [-0.15, -0.1) is 0 Å². The lowest BCUT2D eigenvalue weighted by Crippen LogP contribution is -2.04. The SMILES string of the molecule is COC(=O)C(C)=CCN. The molecule has 0 aromatic heterocycles. The van der Waals surface area contributed by atoms with Crippen LogP contribution < -0.4 is 5.73 Å². The Kier molecular flexibility index (Phi) is 3.71. The minimum absolute atomic E-state index is 0.319. The Morgan fingerprint density at radius 2 is 2.33 bits per heavy atom. The van der Waals surface area contributed by atoms with E-state index in [9.17, 15) is 4.79 Å². The topological polar surface area (TPSA) is 52.3 Å². The van der Waals surface area contributed by atoms with Crippen molar-refractivity contribution in [3.05, 3.63) is 11.6 Å². The van der Waals surface area contributed by atoms with Crippen molar-refractivity contribution >= 4 is 5.97 Å². The summed E-state index contributed by atoms with van der Waals surface area (Å²) in [5.74, 6) is -0.319. The summed E-state index contributed by atoms with van der Waals surface area (Å²) < 4.78 is 4.40. The smallest absolute Gasteiger partial charge is 0.333 e. The maximum atomic E-state index is 10.6. The predicted octanol–water partition coefficient (Wildman–Crippen LogP) is 0.0644. The number of nitrogens with two attached hydrogens (primary N) is 1. The predicted molar refractivity (Wildman–Crippen MR) is 34.8 cm³/mol. The van der Waals surface area contributed by atoms with Crippen molar-refractivity contribution in [2.45, 2.75) is 6.92 Å². The van der Waals surface area contributed by atoms with E-state index in [-0.39, 0.29) is 5.97 Å². The molecule has 0 saturated carbocycles. The third-order valence-electron chi connectivity index (χ3n) is 0.931. The number of rotatable bonds is 2. The molecule has 52 valence electrons. The Hall–Kier alpha value is -0.830.